The van der Waals surface area contributed by atoms with Crippen molar-refractivity contribution in [3.05, 3.63) is 5.53 Å². The average molecular weight is 240 g/mol. The summed E-state index contributed by atoms with van der Waals surface area (Å²) in [5.41, 5.74) is 7.43. The van der Waals surface area contributed by atoms with Crippen LogP contribution in [-0.4, -0.2) is 49.2 Å². The minimum atomic E-state index is -1.22. The van der Waals surface area contributed by atoms with E-state index in [9.17, 15) is 14.4 Å². The van der Waals surface area contributed by atoms with E-state index >= 15 is 0 Å². The van der Waals surface area contributed by atoms with Crippen molar-refractivity contribution in [1.29, 1.82) is 0 Å². The quantitative estimate of drug-likeness (QED) is 0.0870. The van der Waals surface area contributed by atoms with Gasteiger partial charge in [-0.25, -0.2) is 14.4 Å². The Labute approximate surface area is 96.1 Å². The first kappa shape index (κ1) is 14.3. The van der Waals surface area contributed by atoms with Crippen molar-refractivity contribution in [2.75, 3.05) is 20.8 Å². The van der Waals surface area contributed by atoms with Gasteiger partial charge in [-0.1, -0.05) is 0 Å². The van der Waals surface area contributed by atoms with Crippen LogP contribution in [-0.2, 0) is 28.6 Å². The molecule has 0 aromatic carbocycles. The Balaban J connectivity index is 4.36. The lowest BCUT2D eigenvalue weighted by Gasteiger charge is -1.95. The standard InChI is InChI=1S/C9H8N2O6/c1-15-6(12)4-3-5-17-9(14)7(11-10)8(13)16-2/h5H2,1-2H3. The summed E-state index contributed by atoms with van der Waals surface area (Å²) in [7, 11) is 2.13. The van der Waals surface area contributed by atoms with E-state index in [2.05, 4.69) is 24.9 Å². The van der Waals surface area contributed by atoms with Crippen molar-refractivity contribution < 1.29 is 33.4 Å². The Bertz CT molecular complexity index is 438. The van der Waals surface area contributed by atoms with Crippen LogP contribution in [0, 0.1) is 11.8 Å². The van der Waals surface area contributed by atoms with Crippen LogP contribution in [0.5, 0.6) is 0 Å². The second kappa shape index (κ2) is 7.62. The van der Waals surface area contributed by atoms with Gasteiger partial charge in [0.15, 0.2) is 6.61 Å². The van der Waals surface area contributed by atoms with Gasteiger partial charge in [0, 0.05) is 5.92 Å². The maximum absolute atomic E-state index is 11.1. The molecule has 0 aromatic rings. The predicted molar refractivity (Wildman–Crippen MR) is 51.4 cm³/mol. The van der Waals surface area contributed by atoms with Gasteiger partial charge in [0.05, 0.1) is 14.2 Å². The molecule has 8 nitrogen and oxygen atoms in total. The van der Waals surface area contributed by atoms with E-state index < -0.39 is 30.2 Å². The maximum Gasteiger partial charge on any atom is 0.482 e. The molecule has 0 aliphatic carbocycles. The molecule has 0 saturated heterocycles. The number of ether oxygens (including phenoxy) is 3. The van der Waals surface area contributed by atoms with Crippen LogP contribution >= 0.6 is 0 Å². The zero-order valence-electron chi connectivity index (χ0n) is 9.05. The summed E-state index contributed by atoms with van der Waals surface area (Å²) in [5.74, 6) is 0.949. The highest BCUT2D eigenvalue weighted by molar-refractivity contribution is 6.60. The Kier molecular flexibility index (Phi) is 6.43. The van der Waals surface area contributed by atoms with Gasteiger partial charge in [-0.05, 0) is 5.92 Å². The number of carbonyl (C=O) groups excluding carboxylic acids is 3. The lowest BCUT2D eigenvalue weighted by Crippen LogP contribution is -2.28. The fourth-order valence-corrected chi connectivity index (χ4v) is 0.591. The zero-order chi connectivity index (χ0) is 13.3. The Morgan fingerprint density at radius 2 is 1.82 bits per heavy atom. The number of carbonyl (C=O) groups is 3. The van der Waals surface area contributed by atoms with Crippen molar-refractivity contribution >= 4 is 23.6 Å². The average Bonchev–Trinajstić information content (AvgIpc) is 2.34. The highest BCUT2D eigenvalue weighted by Gasteiger charge is 2.32. The van der Waals surface area contributed by atoms with Crippen LogP contribution in [0.2, 0.25) is 0 Å². The van der Waals surface area contributed by atoms with Crippen molar-refractivity contribution in [3.63, 3.8) is 0 Å². The molecule has 0 bridgehead atoms. The fourth-order valence-electron chi connectivity index (χ4n) is 0.591. The molecular weight excluding hydrogens is 232 g/mol. The van der Waals surface area contributed by atoms with Gasteiger partial charge in [-0.3, -0.25) is 0 Å². The smallest absolute Gasteiger partial charge is 0.460 e. The molecule has 0 aromatic heterocycles. The van der Waals surface area contributed by atoms with Crippen molar-refractivity contribution in [3.8, 4) is 11.8 Å². The molecule has 8 heteroatoms. The van der Waals surface area contributed by atoms with Crippen molar-refractivity contribution in [2.24, 2.45) is 0 Å². The van der Waals surface area contributed by atoms with E-state index in [1.165, 1.54) is 0 Å². The first-order valence-corrected chi connectivity index (χ1v) is 4.11. The second-order valence-electron chi connectivity index (χ2n) is 2.31. The third kappa shape index (κ3) is 5.11. The van der Waals surface area contributed by atoms with E-state index in [-0.39, 0.29) is 0 Å². The minimum absolute atomic E-state index is 0.468. The normalized spacial score (nSPS) is 7.88. The largest absolute Gasteiger partial charge is 0.482 e. The van der Waals surface area contributed by atoms with Crippen LogP contribution in [0.3, 0.4) is 0 Å². The number of methoxy groups -OCH3 is 2. The molecule has 0 saturated carbocycles. The molecule has 0 aliphatic rings. The Hall–Kier alpha value is -2.65. The van der Waals surface area contributed by atoms with E-state index in [0.29, 0.717) is 0 Å². The Morgan fingerprint density at radius 1 is 1.18 bits per heavy atom. The molecule has 0 spiro atoms. The second-order valence-corrected chi connectivity index (χ2v) is 2.31. The summed E-state index contributed by atoms with van der Waals surface area (Å²) < 4.78 is 12.7. The van der Waals surface area contributed by atoms with E-state index in [1.54, 1.807) is 0 Å². The van der Waals surface area contributed by atoms with Crippen molar-refractivity contribution in [2.45, 2.75) is 0 Å². The number of esters is 3. The Morgan fingerprint density at radius 3 is 2.29 bits per heavy atom. The topological polar surface area (TPSA) is 115 Å². The highest BCUT2D eigenvalue weighted by atomic mass is 16.5. The van der Waals surface area contributed by atoms with E-state index in [0.717, 1.165) is 14.2 Å². The summed E-state index contributed by atoms with van der Waals surface area (Å²) >= 11 is 0. The fraction of sp³-hybridized carbons (Fsp3) is 0.333. The van der Waals surface area contributed by atoms with Crippen LogP contribution in [0.1, 0.15) is 0 Å². The molecule has 0 fully saturated rings. The third-order valence-electron chi connectivity index (χ3n) is 1.32. The first-order chi connectivity index (χ1) is 8.06. The SMILES string of the molecule is COC(=O)C#CCOC(=O)C(=[N+]=[N-])C(=O)OC. The van der Waals surface area contributed by atoms with E-state index in [1.807, 2.05) is 5.92 Å². The van der Waals surface area contributed by atoms with Gasteiger partial charge < -0.3 is 19.7 Å². The molecule has 0 heterocycles. The van der Waals surface area contributed by atoms with Gasteiger partial charge in [0.2, 0.25) is 0 Å². The lowest BCUT2D eigenvalue weighted by atomic mass is 10.4. The van der Waals surface area contributed by atoms with Gasteiger partial charge in [-0.15, -0.1) is 0 Å². The number of rotatable bonds is 3. The maximum atomic E-state index is 11.1. The molecule has 0 amide bonds. The summed E-state index contributed by atoms with van der Waals surface area (Å²) in [4.78, 5) is 34.9. The lowest BCUT2D eigenvalue weighted by molar-refractivity contribution is -0.147. The summed E-state index contributed by atoms with van der Waals surface area (Å²) in [5, 5.41) is 0. The molecule has 0 radical (unpaired) electrons. The molecule has 0 atom stereocenters. The van der Waals surface area contributed by atoms with Gasteiger partial charge in [0.1, 0.15) is 0 Å². The number of hydrogen-bond acceptors (Lipinski definition) is 6. The van der Waals surface area contributed by atoms with Gasteiger partial charge in [-0.2, -0.15) is 4.79 Å². The van der Waals surface area contributed by atoms with Crippen LogP contribution in [0.4, 0.5) is 0 Å². The molecule has 17 heavy (non-hydrogen) atoms. The minimum Gasteiger partial charge on any atom is -0.460 e. The number of hydrogen-bond donors (Lipinski definition) is 0. The van der Waals surface area contributed by atoms with Gasteiger partial charge >= 0.3 is 23.6 Å². The van der Waals surface area contributed by atoms with E-state index in [4.69, 9.17) is 5.53 Å². The third-order valence-corrected chi connectivity index (χ3v) is 1.32. The summed E-state index contributed by atoms with van der Waals surface area (Å²) in [6, 6.07) is 0. The molecule has 0 unspecified atom stereocenters. The van der Waals surface area contributed by atoms with Crippen molar-refractivity contribution in [1.82, 2.24) is 0 Å². The van der Waals surface area contributed by atoms with Crippen LogP contribution < -0.4 is 0 Å². The van der Waals surface area contributed by atoms with Crippen LogP contribution in [0.25, 0.3) is 5.53 Å². The highest BCUT2D eigenvalue weighted by Crippen LogP contribution is 1.85. The molecular formula is C9H8N2O6. The van der Waals surface area contributed by atoms with Crippen LogP contribution in [0.15, 0.2) is 0 Å². The summed E-state index contributed by atoms with van der Waals surface area (Å²) in [6.45, 7) is -0.468. The first-order valence-electron chi connectivity index (χ1n) is 4.11. The molecule has 0 N–H and O–H groups in total. The zero-order valence-corrected chi connectivity index (χ0v) is 9.05. The monoisotopic (exact) mass is 240 g/mol. The summed E-state index contributed by atoms with van der Waals surface area (Å²) in [6.07, 6.45) is 0. The van der Waals surface area contributed by atoms with Gasteiger partial charge in [0.25, 0.3) is 0 Å². The number of nitrogens with zero attached hydrogens (tertiary/aromatic N) is 2. The molecule has 90 valence electrons. The predicted octanol–water partition coefficient (Wildman–Crippen LogP) is -1.45. The molecule has 0 rings (SSSR count). The molecule has 0 aliphatic heterocycles.